The second-order valence-corrected chi connectivity index (χ2v) is 7.06. The van der Waals surface area contributed by atoms with Gasteiger partial charge >= 0.3 is 0 Å². The van der Waals surface area contributed by atoms with E-state index in [9.17, 15) is 9.59 Å². The van der Waals surface area contributed by atoms with Gasteiger partial charge in [0.25, 0.3) is 5.91 Å². The lowest BCUT2D eigenvalue weighted by Gasteiger charge is -2.10. The third-order valence-electron chi connectivity index (χ3n) is 5.01. The van der Waals surface area contributed by atoms with Gasteiger partial charge in [0.2, 0.25) is 0 Å². The van der Waals surface area contributed by atoms with Gasteiger partial charge in [0.1, 0.15) is 22.8 Å². The van der Waals surface area contributed by atoms with E-state index >= 15 is 0 Å². The molecule has 4 aromatic rings. The number of hydrogen-bond donors (Lipinski definition) is 1. The van der Waals surface area contributed by atoms with Crippen molar-refractivity contribution in [2.45, 2.75) is 6.92 Å². The summed E-state index contributed by atoms with van der Waals surface area (Å²) >= 11 is 0. The molecule has 0 aliphatic heterocycles. The zero-order valence-electron chi connectivity index (χ0n) is 17.4. The molecule has 156 valence electrons. The Labute approximate surface area is 179 Å². The summed E-state index contributed by atoms with van der Waals surface area (Å²) in [4.78, 5) is 25.5. The van der Waals surface area contributed by atoms with Crippen molar-refractivity contribution in [3.8, 4) is 22.8 Å². The van der Waals surface area contributed by atoms with Crippen molar-refractivity contribution >= 4 is 22.6 Å². The lowest BCUT2D eigenvalue weighted by Crippen LogP contribution is -2.12. The van der Waals surface area contributed by atoms with Crippen LogP contribution >= 0.6 is 0 Å². The van der Waals surface area contributed by atoms with Gasteiger partial charge < -0.3 is 19.2 Å². The number of anilines is 1. The van der Waals surface area contributed by atoms with Crippen LogP contribution in [-0.4, -0.2) is 20.1 Å². The van der Waals surface area contributed by atoms with Crippen LogP contribution in [0.25, 0.3) is 22.3 Å². The Bertz CT molecular complexity index is 1320. The van der Waals surface area contributed by atoms with Gasteiger partial charge in [0.05, 0.1) is 19.6 Å². The van der Waals surface area contributed by atoms with Crippen LogP contribution in [0.3, 0.4) is 0 Å². The highest BCUT2D eigenvalue weighted by atomic mass is 16.5. The Morgan fingerprint density at radius 1 is 0.903 bits per heavy atom. The van der Waals surface area contributed by atoms with E-state index < -0.39 is 0 Å². The normalized spacial score (nSPS) is 10.7. The van der Waals surface area contributed by atoms with E-state index in [1.807, 2.05) is 31.2 Å². The maximum Gasteiger partial charge on any atom is 0.255 e. The highest BCUT2D eigenvalue weighted by Gasteiger charge is 2.13. The number of hydrogen-bond acceptors (Lipinski definition) is 5. The molecule has 0 radical (unpaired) electrons. The Morgan fingerprint density at radius 3 is 2.29 bits per heavy atom. The standard InChI is InChI=1S/C25H21NO5/c1-15-6-4-5-7-20(15)24-14-22(27)21-12-17(8-9-23(21)31-24)26-25(28)16-10-18(29-2)13-19(11-16)30-3/h4-14H,1-3H3,(H,26,28). The van der Waals surface area contributed by atoms with Gasteiger partial charge in [-0.1, -0.05) is 24.3 Å². The van der Waals surface area contributed by atoms with Crippen LogP contribution < -0.4 is 20.2 Å². The molecular formula is C25H21NO5. The Kier molecular flexibility index (Phi) is 5.45. The molecule has 31 heavy (non-hydrogen) atoms. The van der Waals surface area contributed by atoms with E-state index in [2.05, 4.69) is 5.32 Å². The van der Waals surface area contributed by atoms with Crippen molar-refractivity contribution in [1.29, 1.82) is 0 Å². The minimum atomic E-state index is -0.350. The number of ether oxygens (including phenoxy) is 2. The number of aryl methyl sites for hydroxylation is 1. The van der Waals surface area contributed by atoms with Crippen LogP contribution in [0.15, 0.2) is 75.9 Å². The highest BCUT2D eigenvalue weighted by Crippen LogP contribution is 2.27. The molecule has 4 rings (SSSR count). The van der Waals surface area contributed by atoms with Gasteiger partial charge in [-0.05, 0) is 42.8 Å². The van der Waals surface area contributed by atoms with E-state index in [-0.39, 0.29) is 11.3 Å². The fourth-order valence-corrected chi connectivity index (χ4v) is 3.36. The van der Waals surface area contributed by atoms with Crippen molar-refractivity contribution in [1.82, 2.24) is 0 Å². The maximum absolute atomic E-state index is 12.8. The molecule has 0 spiro atoms. The molecule has 1 aromatic heterocycles. The van der Waals surface area contributed by atoms with Crippen molar-refractivity contribution in [2.75, 3.05) is 19.5 Å². The molecule has 1 heterocycles. The SMILES string of the molecule is COc1cc(OC)cc(C(=O)Nc2ccc3oc(-c4ccccc4C)cc(=O)c3c2)c1. The fraction of sp³-hybridized carbons (Fsp3) is 0.120. The molecule has 0 saturated heterocycles. The number of methoxy groups -OCH3 is 2. The summed E-state index contributed by atoms with van der Waals surface area (Å²) in [6.45, 7) is 1.96. The molecule has 3 aromatic carbocycles. The maximum atomic E-state index is 12.8. The molecular weight excluding hydrogens is 394 g/mol. The van der Waals surface area contributed by atoms with E-state index in [1.165, 1.54) is 20.3 Å². The molecule has 0 unspecified atom stereocenters. The molecule has 1 amide bonds. The first-order chi connectivity index (χ1) is 15.0. The summed E-state index contributed by atoms with van der Waals surface area (Å²) in [5.74, 6) is 1.17. The highest BCUT2D eigenvalue weighted by molar-refractivity contribution is 6.05. The number of carbonyl (C=O) groups is 1. The third kappa shape index (κ3) is 4.14. The second kappa shape index (κ2) is 8.36. The number of benzene rings is 3. The molecule has 6 heteroatoms. The topological polar surface area (TPSA) is 77.8 Å². The minimum absolute atomic E-state index is 0.182. The second-order valence-electron chi connectivity index (χ2n) is 7.06. The van der Waals surface area contributed by atoms with Crippen LogP contribution in [-0.2, 0) is 0 Å². The summed E-state index contributed by atoms with van der Waals surface area (Å²) in [5, 5.41) is 3.19. The van der Waals surface area contributed by atoms with E-state index in [1.54, 1.807) is 36.4 Å². The smallest absolute Gasteiger partial charge is 0.255 e. The number of amides is 1. The fourth-order valence-electron chi connectivity index (χ4n) is 3.36. The Morgan fingerprint density at radius 2 is 1.61 bits per heavy atom. The van der Waals surface area contributed by atoms with Crippen LogP contribution in [0.5, 0.6) is 11.5 Å². The predicted molar refractivity (Wildman–Crippen MR) is 120 cm³/mol. The third-order valence-corrected chi connectivity index (χ3v) is 5.01. The van der Waals surface area contributed by atoms with Crippen molar-refractivity contribution in [3.63, 3.8) is 0 Å². The van der Waals surface area contributed by atoms with Gasteiger partial charge in [-0.15, -0.1) is 0 Å². The lowest BCUT2D eigenvalue weighted by atomic mass is 10.1. The summed E-state index contributed by atoms with van der Waals surface area (Å²) < 4.78 is 16.4. The van der Waals surface area contributed by atoms with Crippen molar-refractivity contribution in [3.05, 3.63) is 88.1 Å². The molecule has 1 N–H and O–H groups in total. The van der Waals surface area contributed by atoms with Crippen LogP contribution in [0.1, 0.15) is 15.9 Å². The number of nitrogens with one attached hydrogen (secondary N) is 1. The van der Waals surface area contributed by atoms with Gasteiger partial charge in [-0.3, -0.25) is 9.59 Å². The van der Waals surface area contributed by atoms with Gasteiger partial charge in [-0.25, -0.2) is 0 Å². The molecule has 0 aliphatic carbocycles. The largest absolute Gasteiger partial charge is 0.497 e. The number of rotatable bonds is 5. The first-order valence-corrected chi connectivity index (χ1v) is 9.67. The number of fused-ring (bicyclic) bond motifs is 1. The first-order valence-electron chi connectivity index (χ1n) is 9.67. The van der Waals surface area contributed by atoms with E-state index in [0.717, 1.165) is 11.1 Å². The average Bonchev–Trinajstić information content (AvgIpc) is 2.79. The molecule has 0 atom stereocenters. The first kappa shape index (κ1) is 20.2. The van der Waals surface area contributed by atoms with Crippen LogP contribution in [0.2, 0.25) is 0 Å². The molecule has 0 saturated carbocycles. The van der Waals surface area contributed by atoms with E-state index in [4.69, 9.17) is 13.9 Å². The van der Waals surface area contributed by atoms with Crippen molar-refractivity contribution in [2.24, 2.45) is 0 Å². The average molecular weight is 415 g/mol. The van der Waals surface area contributed by atoms with Crippen LogP contribution in [0, 0.1) is 6.92 Å². The summed E-state index contributed by atoms with van der Waals surface area (Å²) in [7, 11) is 3.04. The minimum Gasteiger partial charge on any atom is -0.497 e. The molecule has 0 aliphatic rings. The quantitative estimate of drug-likeness (QED) is 0.494. The van der Waals surface area contributed by atoms with Crippen molar-refractivity contribution < 1.29 is 18.7 Å². The Hall–Kier alpha value is -4.06. The summed E-state index contributed by atoms with van der Waals surface area (Å²) in [6.07, 6.45) is 0. The molecule has 0 fully saturated rings. The summed E-state index contributed by atoms with van der Waals surface area (Å²) in [5.41, 5.74) is 3.01. The summed E-state index contributed by atoms with van der Waals surface area (Å²) in [6, 6.07) is 19.1. The zero-order valence-corrected chi connectivity index (χ0v) is 17.4. The Balaban J connectivity index is 1.67. The molecule has 0 bridgehead atoms. The van der Waals surface area contributed by atoms with Crippen LogP contribution in [0.4, 0.5) is 5.69 Å². The predicted octanol–water partition coefficient (Wildman–Crippen LogP) is 5.04. The van der Waals surface area contributed by atoms with Gasteiger partial charge in [-0.2, -0.15) is 0 Å². The molecule has 6 nitrogen and oxygen atoms in total. The number of carbonyl (C=O) groups excluding carboxylic acids is 1. The van der Waals surface area contributed by atoms with Gasteiger partial charge in [0.15, 0.2) is 5.43 Å². The lowest BCUT2D eigenvalue weighted by molar-refractivity contribution is 0.102. The monoisotopic (exact) mass is 415 g/mol. The zero-order chi connectivity index (χ0) is 22.0. The van der Waals surface area contributed by atoms with Gasteiger partial charge in [0, 0.05) is 28.9 Å². The van der Waals surface area contributed by atoms with E-state index in [0.29, 0.717) is 39.5 Å².